The number of hydrogen-bond acceptors (Lipinski definition) is 3. The number of hydrogen-bond donors (Lipinski definition) is 0. The van der Waals surface area contributed by atoms with Crippen LogP contribution in [0.5, 0.6) is 0 Å². The molecule has 0 N–H and O–H groups in total. The van der Waals surface area contributed by atoms with E-state index in [0.29, 0.717) is 0 Å². The smallest absolute Gasteiger partial charge is 0.129 e. The normalized spacial score (nSPS) is 16.5. The molecule has 0 aliphatic carbocycles. The first-order valence-corrected chi connectivity index (χ1v) is 8.20. The van der Waals surface area contributed by atoms with Crippen LogP contribution in [0.2, 0.25) is 0 Å². The third-order valence-corrected chi connectivity index (χ3v) is 4.36. The van der Waals surface area contributed by atoms with Gasteiger partial charge < -0.3 is 4.90 Å². The minimum atomic E-state index is 1.09. The van der Waals surface area contributed by atoms with Crippen LogP contribution in [0.4, 0.5) is 5.82 Å². The maximum absolute atomic E-state index is 4.81. The highest BCUT2D eigenvalue weighted by Gasteiger charge is 2.17. The fraction of sp³-hybridized carbons (Fsp3) is 0.500. The number of pyridine rings is 1. The molecule has 0 saturated carbocycles. The lowest BCUT2D eigenvalue weighted by atomic mass is 10.2. The quantitative estimate of drug-likeness (QED) is 0.782. The van der Waals surface area contributed by atoms with Crippen LogP contribution in [0.25, 0.3) is 10.9 Å². The summed E-state index contributed by atoms with van der Waals surface area (Å²) >= 11 is 0. The van der Waals surface area contributed by atoms with Crippen LogP contribution in [-0.2, 0) is 0 Å². The van der Waals surface area contributed by atoms with Gasteiger partial charge >= 0.3 is 0 Å². The van der Waals surface area contributed by atoms with Crippen LogP contribution in [0, 0.1) is 0 Å². The molecule has 0 unspecified atom stereocenters. The highest BCUT2D eigenvalue weighted by molar-refractivity contribution is 5.80. The zero-order valence-corrected chi connectivity index (χ0v) is 13.0. The van der Waals surface area contributed by atoms with E-state index in [0.717, 1.165) is 37.5 Å². The minimum absolute atomic E-state index is 1.09. The van der Waals surface area contributed by atoms with Gasteiger partial charge in [0.05, 0.1) is 5.52 Å². The number of nitrogens with zero attached hydrogens (tertiary/aromatic N) is 3. The maximum atomic E-state index is 4.81. The van der Waals surface area contributed by atoms with E-state index in [9.17, 15) is 0 Å². The lowest BCUT2D eigenvalue weighted by Crippen LogP contribution is -2.46. The van der Waals surface area contributed by atoms with Gasteiger partial charge in [0, 0.05) is 31.6 Å². The van der Waals surface area contributed by atoms with Gasteiger partial charge in [0.1, 0.15) is 5.82 Å². The Bertz CT molecular complexity index is 573. The standard InChI is InChI=1S/C18H25N3/c1-2-3-6-11-20-12-14-21(15-13-20)18-10-9-16-7-4-5-8-17(16)19-18/h4-5,7-10H,2-3,6,11-15H2,1H3. The van der Waals surface area contributed by atoms with Gasteiger partial charge in [-0.05, 0) is 31.2 Å². The van der Waals surface area contributed by atoms with Gasteiger partial charge in [-0.1, -0.05) is 38.0 Å². The van der Waals surface area contributed by atoms with E-state index in [1.807, 2.05) is 0 Å². The van der Waals surface area contributed by atoms with Gasteiger partial charge in [-0.15, -0.1) is 0 Å². The number of piperazine rings is 1. The Kier molecular flexibility index (Phi) is 4.71. The predicted molar refractivity (Wildman–Crippen MR) is 89.9 cm³/mol. The first kappa shape index (κ1) is 14.3. The van der Waals surface area contributed by atoms with Gasteiger partial charge in [0.2, 0.25) is 0 Å². The van der Waals surface area contributed by atoms with Gasteiger partial charge in [0.25, 0.3) is 0 Å². The first-order chi connectivity index (χ1) is 10.4. The molecule has 0 spiro atoms. The van der Waals surface area contributed by atoms with Crippen molar-refractivity contribution in [2.24, 2.45) is 0 Å². The summed E-state index contributed by atoms with van der Waals surface area (Å²) in [6, 6.07) is 12.7. The van der Waals surface area contributed by atoms with Crippen LogP contribution >= 0.6 is 0 Å². The van der Waals surface area contributed by atoms with E-state index in [1.165, 1.54) is 31.2 Å². The summed E-state index contributed by atoms with van der Waals surface area (Å²) in [4.78, 5) is 9.82. The topological polar surface area (TPSA) is 19.4 Å². The average molecular weight is 283 g/mol. The minimum Gasteiger partial charge on any atom is -0.354 e. The molecule has 21 heavy (non-hydrogen) atoms. The first-order valence-electron chi connectivity index (χ1n) is 8.20. The van der Waals surface area contributed by atoms with Crippen LogP contribution in [0.15, 0.2) is 36.4 Å². The third-order valence-electron chi connectivity index (χ3n) is 4.36. The number of rotatable bonds is 5. The number of aromatic nitrogens is 1. The van der Waals surface area contributed by atoms with Crippen LogP contribution in [0.1, 0.15) is 26.2 Å². The molecule has 1 saturated heterocycles. The molecule has 112 valence electrons. The monoisotopic (exact) mass is 283 g/mol. The Labute approximate surface area is 127 Å². The second-order valence-corrected chi connectivity index (χ2v) is 5.90. The Hall–Kier alpha value is -1.61. The highest BCUT2D eigenvalue weighted by Crippen LogP contribution is 2.19. The Morgan fingerprint density at radius 1 is 0.952 bits per heavy atom. The fourth-order valence-electron chi connectivity index (χ4n) is 3.02. The fourth-order valence-corrected chi connectivity index (χ4v) is 3.02. The highest BCUT2D eigenvalue weighted by atomic mass is 15.3. The van der Waals surface area contributed by atoms with Crippen molar-refractivity contribution >= 4 is 16.7 Å². The molecule has 1 aliphatic heterocycles. The molecule has 1 fully saturated rings. The van der Waals surface area contributed by atoms with Crippen molar-refractivity contribution in [3.8, 4) is 0 Å². The van der Waals surface area contributed by atoms with Crippen molar-refractivity contribution in [2.75, 3.05) is 37.6 Å². The summed E-state index contributed by atoms with van der Waals surface area (Å²) in [6.45, 7) is 8.04. The lowest BCUT2D eigenvalue weighted by Gasteiger charge is -2.35. The zero-order chi connectivity index (χ0) is 14.5. The van der Waals surface area contributed by atoms with Gasteiger partial charge in [-0.2, -0.15) is 0 Å². The van der Waals surface area contributed by atoms with E-state index in [4.69, 9.17) is 4.98 Å². The van der Waals surface area contributed by atoms with E-state index in [1.54, 1.807) is 0 Å². The van der Waals surface area contributed by atoms with Gasteiger partial charge in [0.15, 0.2) is 0 Å². The Balaban J connectivity index is 1.60. The van der Waals surface area contributed by atoms with E-state index >= 15 is 0 Å². The molecule has 2 heterocycles. The maximum Gasteiger partial charge on any atom is 0.129 e. The molecule has 0 radical (unpaired) electrons. The molecule has 1 aromatic carbocycles. The van der Waals surface area contributed by atoms with Crippen molar-refractivity contribution in [3.05, 3.63) is 36.4 Å². The Morgan fingerprint density at radius 3 is 2.57 bits per heavy atom. The van der Waals surface area contributed by atoms with Crippen molar-refractivity contribution < 1.29 is 0 Å². The molecule has 3 heteroatoms. The number of benzene rings is 1. The summed E-state index contributed by atoms with van der Waals surface area (Å²) in [5, 5.41) is 1.22. The lowest BCUT2D eigenvalue weighted by molar-refractivity contribution is 0.252. The second-order valence-electron chi connectivity index (χ2n) is 5.90. The van der Waals surface area contributed by atoms with Crippen LogP contribution in [-0.4, -0.2) is 42.6 Å². The average Bonchev–Trinajstić information content (AvgIpc) is 2.55. The molecule has 0 amide bonds. The van der Waals surface area contributed by atoms with E-state index in [2.05, 4.69) is 53.1 Å². The molecule has 2 aromatic rings. The zero-order valence-electron chi connectivity index (χ0n) is 13.0. The van der Waals surface area contributed by atoms with Crippen molar-refractivity contribution in [1.29, 1.82) is 0 Å². The molecule has 3 rings (SSSR count). The largest absolute Gasteiger partial charge is 0.354 e. The van der Waals surface area contributed by atoms with E-state index < -0.39 is 0 Å². The third kappa shape index (κ3) is 3.53. The summed E-state index contributed by atoms with van der Waals surface area (Å²) in [5.41, 5.74) is 1.10. The predicted octanol–water partition coefficient (Wildman–Crippen LogP) is 3.55. The SMILES string of the molecule is CCCCCN1CCN(c2ccc3ccccc3n2)CC1. The molecule has 0 bridgehead atoms. The molecule has 1 aliphatic rings. The van der Waals surface area contributed by atoms with Crippen LogP contribution in [0.3, 0.4) is 0 Å². The summed E-state index contributed by atoms with van der Waals surface area (Å²) < 4.78 is 0. The van der Waals surface area contributed by atoms with Crippen molar-refractivity contribution in [3.63, 3.8) is 0 Å². The van der Waals surface area contributed by atoms with Crippen molar-refractivity contribution in [2.45, 2.75) is 26.2 Å². The Morgan fingerprint density at radius 2 is 1.76 bits per heavy atom. The summed E-state index contributed by atoms with van der Waals surface area (Å²) in [6.07, 6.45) is 4.00. The van der Waals surface area contributed by atoms with Gasteiger partial charge in [-0.25, -0.2) is 4.98 Å². The molecular formula is C18H25N3. The van der Waals surface area contributed by atoms with Crippen LogP contribution < -0.4 is 4.90 Å². The number of fused-ring (bicyclic) bond motifs is 1. The summed E-state index contributed by atoms with van der Waals surface area (Å²) in [5.74, 6) is 1.13. The van der Waals surface area contributed by atoms with Gasteiger partial charge in [-0.3, -0.25) is 4.90 Å². The number of unbranched alkanes of at least 4 members (excludes halogenated alkanes) is 2. The summed E-state index contributed by atoms with van der Waals surface area (Å²) in [7, 11) is 0. The van der Waals surface area contributed by atoms with E-state index in [-0.39, 0.29) is 0 Å². The van der Waals surface area contributed by atoms with Crippen molar-refractivity contribution in [1.82, 2.24) is 9.88 Å². The molecule has 1 aromatic heterocycles. The number of anilines is 1. The molecule has 0 atom stereocenters. The second kappa shape index (κ2) is 6.90. The molecule has 3 nitrogen and oxygen atoms in total. The molecular weight excluding hydrogens is 258 g/mol. The number of para-hydroxylation sites is 1.